The Bertz CT molecular complexity index is 1490. The molecular weight excluding hydrogens is 831 g/mol. The summed E-state index contributed by atoms with van der Waals surface area (Å²) in [6.45, 7) is 6.40. The molecule has 4 saturated carbocycles. The highest BCUT2D eigenvalue weighted by Crippen LogP contribution is 2.45. The summed E-state index contributed by atoms with van der Waals surface area (Å²) in [6.07, 6.45) is 28.2. The van der Waals surface area contributed by atoms with E-state index < -0.39 is 25.2 Å². The Morgan fingerprint density at radius 1 is 0.369 bits per heavy atom. The number of alkyl halides is 6. The van der Waals surface area contributed by atoms with Crippen molar-refractivity contribution in [2.75, 3.05) is 13.2 Å². The molecule has 0 aliphatic heterocycles. The first-order chi connectivity index (χ1) is 31.4. The summed E-state index contributed by atoms with van der Waals surface area (Å²) in [5, 5.41) is 0. The van der Waals surface area contributed by atoms with Crippen LogP contribution in [-0.2, 0) is 22.3 Å². The van der Waals surface area contributed by atoms with E-state index in [0.29, 0.717) is 35.2 Å². The highest BCUT2D eigenvalue weighted by molar-refractivity contribution is 5.27. The lowest BCUT2D eigenvalue weighted by Crippen LogP contribution is -2.28. The maximum Gasteiger partial charge on any atom is 0.393 e. The van der Waals surface area contributed by atoms with Gasteiger partial charge in [-0.3, -0.25) is 0 Å². The topological polar surface area (TPSA) is 18.5 Å². The van der Waals surface area contributed by atoms with Gasteiger partial charge in [-0.2, -0.15) is 26.3 Å². The van der Waals surface area contributed by atoms with Crippen LogP contribution in [0.25, 0.3) is 0 Å². The van der Waals surface area contributed by atoms with Gasteiger partial charge in [-0.1, -0.05) is 133 Å². The van der Waals surface area contributed by atoms with Crippen molar-refractivity contribution in [2.24, 2.45) is 23.7 Å². The van der Waals surface area contributed by atoms with Crippen molar-refractivity contribution in [1.82, 2.24) is 0 Å². The van der Waals surface area contributed by atoms with Gasteiger partial charge in [-0.15, -0.1) is 0 Å². The number of ether oxygens (including phenoxy) is 2. The minimum Gasteiger partial charge on any atom is -0.378 e. The molecular formula is C57H88F6O2. The molecule has 0 bridgehead atoms. The fourth-order valence-corrected chi connectivity index (χ4v) is 12.0. The fourth-order valence-electron chi connectivity index (χ4n) is 12.0. The minimum absolute atomic E-state index is 0.366. The van der Waals surface area contributed by atoms with Gasteiger partial charge in [0.1, 0.15) is 0 Å². The van der Waals surface area contributed by atoms with Crippen LogP contribution in [0.2, 0.25) is 0 Å². The second kappa shape index (κ2) is 29.1. The largest absolute Gasteiger partial charge is 0.393 e. The zero-order chi connectivity index (χ0) is 46.3. The second-order valence-corrected chi connectivity index (χ2v) is 21.0. The summed E-state index contributed by atoms with van der Waals surface area (Å²) in [4.78, 5) is 0. The SMILES string of the molecule is CCCCCCCCCO[C@H]1CC[C@H]([C@H]2CC[C@H](c3ccc(CC(F)(F)F)cc3)CC2)CC1.CCCCCCCCO[C@H]1CC[C@H]([C@H]2CC[C@H](c3ccc(CC(F)(F)F)cc3)CC2)CC1. The third-order valence-electron chi connectivity index (χ3n) is 16.0. The number of benzene rings is 2. The van der Waals surface area contributed by atoms with Gasteiger partial charge in [0.05, 0.1) is 25.0 Å². The van der Waals surface area contributed by atoms with Gasteiger partial charge < -0.3 is 9.47 Å². The Kier molecular flexibility index (Phi) is 24.1. The number of rotatable bonds is 23. The molecule has 0 atom stereocenters. The Hall–Kier alpha value is -2.06. The summed E-state index contributed by atoms with van der Waals surface area (Å²) < 4.78 is 87.8. The van der Waals surface area contributed by atoms with Crippen molar-refractivity contribution in [3.8, 4) is 0 Å². The Labute approximate surface area is 391 Å². The fraction of sp³-hybridized carbons (Fsp3) is 0.789. The molecule has 65 heavy (non-hydrogen) atoms. The minimum atomic E-state index is -4.13. The molecule has 2 aromatic carbocycles. The molecule has 0 aromatic heterocycles. The van der Waals surface area contributed by atoms with Gasteiger partial charge in [0, 0.05) is 13.2 Å². The Balaban J connectivity index is 0.000000244. The van der Waals surface area contributed by atoms with E-state index >= 15 is 0 Å². The zero-order valence-electron chi connectivity index (χ0n) is 40.7. The average Bonchev–Trinajstić information content (AvgIpc) is 3.30. The van der Waals surface area contributed by atoms with Gasteiger partial charge >= 0.3 is 12.4 Å². The number of halogens is 6. The molecule has 8 heteroatoms. The molecule has 0 amide bonds. The summed E-state index contributed by atoms with van der Waals surface area (Å²) in [5.41, 5.74) is 3.18. The molecule has 2 nitrogen and oxygen atoms in total. The maximum atomic E-state index is 12.6. The van der Waals surface area contributed by atoms with Crippen molar-refractivity contribution >= 4 is 0 Å². The molecule has 0 heterocycles. The molecule has 0 N–H and O–H groups in total. The normalized spacial score (nSPS) is 26.6. The lowest BCUT2D eigenvalue weighted by Gasteiger charge is -2.38. The van der Waals surface area contributed by atoms with Crippen LogP contribution in [0.1, 0.15) is 234 Å². The second-order valence-electron chi connectivity index (χ2n) is 21.0. The monoisotopic (exact) mass is 919 g/mol. The third kappa shape index (κ3) is 21.0. The molecule has 2 aromatic rings. The van der Waals surface area contributed by atoms with Crippen LogP contribution in [0, 0.1) is 23.7 Å². The third-order valence-corrected chi connectivity index (χ3v) is 16.0. The predicted molar refractivity (Wildman–Crippen MR) is 257 cm³/mol. The van der Waals surface area contributed by atoms with Gasteiger partial charge in [0.2, 0.25) is 0 Å². The average molecular weight is 919 g/mol. The van der Waals surface area contributed by atoms with E-state index in [2.05, 4.69) is 13.8 Å². The van der Waals surface area contributed by atoms with Crippen LogP contribution in [0.3, 0.4) is 0 Å². The summed E-state index contributed by atoms with van der Waals surface area (Å²) in [6, 6.07) is 14.4. The Morgan fingerprint density at radius 2 is 0.646 bits per heavy atom. The molecule has 370 valence electrons. The van der Waals surface area contributed by atoms with Crippen molar-refractivity contribution in [1.29, 1.82) is 0 Å². The highest BCUT2D eigenvalue weighted by atomic mass is 19.4. The van der Waals surface area contributed by atoms with Crippen LogP contribution in [0.15, 0.2) is 48.5 Å². The summed E-state index contributed by atoms with van der Waals surface area (Å²) >= 11 is 0. The van der Waals surface area contributed by atoms with E-state index in [1.54, 1.807) is 24.3 Å². The number of hydrogen-bond acceptors (Lipinski definition) is 2. The molecule has 0 saturated heterocycles. The number of unbranched alkanes of at least 4 members (excludes halogenated alkanes) is 11. The lowest BCUT2D eigenvalue weighted by molar-refractivity contribution is -0.128. The molecule has 6 rings (SSSR count). The molecule has 4 aliphatic carbocycles. The zero-order valence-corrected chi connectivity index (χ0v) is 40.7. The Morgan fingerprint density at radius 3 is 0.938 bits per heavy atom. The highest BCUT2D eigenvalue weighted by Gasteiger charge is 2.34. The first-order valence-corrected chi connectivity index (χ1v) is 26.9. The van der Waals surface area contributed by atoms with Gasteiger partial charge in [-0.05, 0) is 173 Å². The quantitative estimate of drug-likeness (QED) is 0.0817. The van der Waals surface area contributed by atoms with Gasteiger partial charge in [-0.25, -0.2) is 0 Å². The number of hydrogen-bond donors (Lipinski definition) is 0. The van der Waals surface area contributed by atoms with E-state index in [9.17, 15) is 26.3 Å². The summed E-state index contributed by atoms with van der Waals surface area (Å²) in [7, 11) is 0. The molecule has 0 spiro atoms. The van der Waals surface area contributed by atoms with Crippen molar-refractivity contribution in [3.05, 3.63) is 70.8 Å². The van der Waals surface area contributed by atoms with Crippen LogP contribution < -0.4 is 0 Å². The lowest BCUT2D eigenvalue weighted by atomic mass is 9.69. The van der Waals surface area contributed by atoms with E-state index in [1.165, 1.54) is 197 Å². The maximum absolute atomic E-state index is 12.6. The van der Waals surface area contributed by atoms with E-state index in [0.717, 1.165) is 36.9 Å². The van der Waals surface area contributed by atoms with Crippen LogP contribution in [-0.4, -0.2) is 37.8 Å². The van der Waals surface area contributed by atoms with Crippen LogP contribution >= 0.6 is 0 Å². The summed E-state index contributed by atoms with van der Waals surface area (Å²) in [5.74, 6) is 4.38. The van der Waals surface area contributed by atoms with E-state index in [-0.39, 0.29) is 0 Å². The standard InChI is InChI=1S/C29H45F3O.C28H43F3O/c1-2-3-4-5-6-7-8-21-33-28-19-17-27(18-20-28)26-15-13-25(14-16-26)24-11-9-23(10-12-24)22-29(30,31)32;1-2-3-4-5-6-7-20-32-27-18-16-26(17-19-27)25-14-12-24(13-15-25)23-10-8-22(9-11-23)21-28(29,30)31/h9-12,25-28H,2-8,13-22H2,1H3;8-11,24-27H,2-7,12-21H2,1H3/t25-,26-,27-,28-;24-,25-,26-,27-. The van der Waals surface area contributed by atoms with Gasteiger partial charge in [0.15, 0.2) is 0 Å². The predicted octanol–water partition coefficient (Wildman–Crippen LogP) is 18.4. The van der Waals surface area contributed by atoms with Crippen LogP contribution in [0.4, 0.5) is 26.3 Å². The molecule has 0 unspecified atom stereocenters. The molecule has 0 radical (unpaired) electrons. The van der Waals surface area contributed by atoms with E-state index in [1.807, 2.05) is 24.3 Å². The van der Waals surface area contributed by atoms with Gasteiger partial charge in [0.25, 0.3) is 0 Å². The van der Waals surface area contributed by atoms with Crippen LogP contribution in [0.5, 0.6) is 0 Å². The molecule has 4 aliphatic rings. The van der Waals surface area contributed by atoms with E-state index in [4.69, 9.17) is 9.47 Å². The smallest absolute Gasteiger partial charge is 0.378 e. The first kappa shape index (κ1) is 53.9. The first-order valence-electron chi connectivity index (χ1n) is 26.9. The van der Waals surface area contributed by atoms with Crippen molar-refractivity contribution in [3.63, 3.8) is 0 Å². The van der Waals surface area contributed by atoms with Crippen molar-refractivity contribution in [2.45, 2.75) is 249 Å². The molecule has 4 fully saturated rings. The van der Waals surface area contributed by atoms with Crippen molar-refractivity contribution < 1.29 is 35.8 Å².